The molecule has 0 spiro atoms. The van der Waals surface area contributed by atoms with E-state index in [1.165, 1.54) is 26.4 Å². The van der Waals surface area contributed by atoms with Gasteiger partial charge in [-0.25, -0.2) is 18.4 Å². The molecule has 6 aromatic rings. The molecule has 288 valence electrons. The fourth-order valence-corrected chi connectivity index (χ4v) is 5.88. The zero-order valence-corrected chi connectivity index (χ0v) is 32.1. The number of rotatable bonds is 11. The van der Waals surface area contributed by atoms with Crippen molar-refractivity contribution in [3.05, 3.63) is 142 Å². The molecule has 12 heteroatoms. The second kappa shape index (κ2) is 18.0. The quantitative estimate of drug-likeness (QED) is 0.110. The molecule has 0 amide bonds. The van der Waals surface area contributed by atoms with E-state index in [2.05, 4.69) is 20.6 Å². The molecule has 0 radical (unpaired) electrons. The summed E-state index contributed by atoms with van der Waals surface area (Å²) in [6.45, 7) is 9.49. The summed E-state index contributed by atoms with van der Waals surface area (Å²) in [5.41, 5.74) is 8.11. The lowest BCUT2D eigenvalue weighted by Crippen LogP contribution is -2.08. The number of nitrogens with zero attached hydrogens (tertiary/aromatic N) is 2. The maximum Gasteiger partial charge on any atom is 0.340 e. The summed E-state index contributed by atoms with van der Waals surface area (Å²) >= 11 is 0. The van der Waals surface area contributed by atoms with Crippen molar-refractivity contribution in [2.45, 2.75) is 34.6 Å². The maximum atomic E-state index is 14.3. The van der Waals surface area contributed by atoms with Crippen LogP contribution in [0.5, 0.6) is 11.5 Å². The molecule has 0 atom stereocenters. The number of methoxy groups -OCH3 is 2. The second-order valence-electron chi connectivity index (χ2n) is 12.8. The lowest BCUT2D eigenvalue weighted by atomic mass is 10.0. The third kappa shape index (κ3) is 9.64. The number of carboxylic acid groups (broad SMARTS) is 1. The number of carbonyl (C=O) groups is 2. The Bertz CT molecular complexity index is 2400. The summed E-state index contributed by atoms with van der Waals surface area (Å²) in [4.78, 5) is 32.5. The largest absolute Gasteiger partial charge is 0.497 e. The van der Waals surface area contributed by atoms with E-state index >= 15 is 0 Å². The summed E-state index contributed by atoms with van der Waals surface area (Å²) < 4.78 is 44.0. The molecule has 0 unspecified atom stereocenters. The molecule has 10 nitrogen and oxygen atoms in total. The van der Waals surface area contributed by atoms with Crippen LogP contribution in [-0.4, -0.2) is 47.8 Å². The van der Waals surface area contributed by atoms with Gasteiger partial charge in [0, 0.05) is 11.1 Å². The predicted octanol–water partition coefficient (Wildman–Crippen LogP) is 10.4. The van der Waals surface area contributed by atoms with Crippen LogP contribution in [0.25, 0.3) is 22.5 Å². The number of ether oxygens (including phenoxy) is 3. The van der Waals surface area contributed by atoms with Crippen molar-refractivity contribution in [1.82, 2.24) is 9.97 Å². The van der Waals surface area contributed by atoms with Crippen LogP contribution in [0.4, 0.5) is 31.5 Å². The van der Waals surface area contributed by atoms with Crippen LogP contribution in [0.1, 0.15) is 49.9 Å². The number of benzene rings is 4. The molecular weight excluding hydrogens is 719 g/mol. The van der Waals surface area contributed by atoms with Crippen molar-refractivity contribution in [2.24, 2.45) is 0 Å². The van der Waals surface area contributed by atoms with Gasteiger partial charge in [-0.3, -0.25) is 9.97 Å². The van der Waals surface area contributed by atoms with Gasteiger partial charge < -0.3 is 30.0 Å². The van der Waals surface area contributed by atoms with E-state index in [0.717, 1.165) is 22.3 Å². The number of esters is 1. The molecule has 2 heterocycles. The number of halogens is 2. The first-order valence-corrected chi connectivity index (χ1v) is 17.6. The predicted molar refractivity (Wildman–Crippen MR) is 214 cm³/mol. The number of hydrogen-bond donors (Lipinski definition) is 3. The zero-order valence-electron chi connectivity index (χ0n) is 32.1. The number of nitrogens with one attached hydrogen (secondary N) is 2. The summed E-state index contributed by atoms with van der Waals surface area (Å²) in [5.74, 6) is -1.06. The van der Waals surface area contributed by atoms with Crippen LogP contribution in [0.2, 0.25) is 0 Å². The average molecular weight is 761 g/mol. The molecule has 3 N–H and O–H groups in total. The van der Waals surface area contributed by atoms with E-state index in [0.29, 0.717) is 68.9 Å². The first kappa shape index (κ1) is 40.4. The third-order valence-corrected chi connectivity index (χ3v) is 8.65. The molecule has 0 aliphatic heterocycles. The number of anilines is 4. The van der Waals surface area contributed by atoms with Crippen LogP contribution in [-0.2, 0) is 4.74 Å². The molecule has 6 rings (SSSR count). The molecule has 0 aliphatic rings. The molecule has 0 saturated carbocycles. The average Bonchev–Trinajstić information content (AvgIpc) is 3.17. The van der Waals surface area contributed by atoms with E-state index in [9.17, 15) is 23.5 Å². The minimum absolute atomic E-state index is 0.176. The van der Waals surface area contributed by atoms with Gasteiger partial charge in [0.1, 0.15) is 23.1 Å². The van der Waals surface area contributed by atoms with E-state index in [1.807, 2.05) is 52.0 Å². The summed E-state index contributed by atoms with van der Waals surface area (Å²) in [6.07, 6.45) is 3.16. The minimum Gasteiger partial charge on any atom is -0.497 e. The maximum absolute atomic E-state index is 14.3. The number of aromatic nitrogens is 2. The molecule has 0 fully saturated rings. The Morgan fingerprint density at radius 2 is 1.09 bits per heavy atom. The first-order chi connectivity index (χ1) is 26.8. The minimum atomic E-state index is -1.01. The van der Waals surface area contributed by atoms with Gasteiger partial charge >= 0.3 is 11.9 Å². The standard InChI is InChI=1S/C23H23FN2O3.C21H19FN2O3/c1-5-29-23(27)19-10-14(2)6-9-21(19)26-16-11-15(3)22(25-13-16)18-12-17(28-4)7-8-20(18)24;1-12-4-7-19(17(8-12)21(25)26)24-14-9-13(2)20(23-11-14)16-10-15(27-3)5-6-18(16)22/h6-13,26H,5H2,1-4H3;4-11,24H,1-3H3,(H,25,26). The van der Waals surface area contributed by atoms with Crippen molar-refractivity contribution in [3.8, 4) is 34.0 Å². The van der Waals surface area contributed by atoms with Crippen molar-refractivity contribution in [2.75, 3.05) is 31.5 Å². The number of pyridine rings is 2. The van der Waals surface area contributed by atoms with E-state index in [1.54, 1.807) is 67.8 Å². The Balaban J connectivity index is 0.000000215. The number of carbonyl (C=O) groups excluding carboxylic acids is 1. The molecular formula is C44H42F2N4O6. The molecule has 4 aromatic carbocycles. The van der Waals surface area contributed by atoms with Gasteiger partial charge in [-0.1, -0.05) is 23.3 Å². The fourth-order valence-electron chi connectivity index (χ4n) is 5.88. The Hall–Kier alpha value is -6.82. The summed E-state index contributed by atoms with van der Waals surface area (Å²) in [5, 5.41) is 15.7. The smallest absolute Gasteiger partial charge is 0.340 e. The molecule has 0 saturated heterocycles. The SMILES string of the molecule is CCOC(=O)c1cc(C)ccc1Nc1cnc(-c2cc(OC)ccc2F)c(C)c1.COc1ccc(F)c(-c2ncc(Nc3ccc(C)cc3C(=O)O)cc2C)c1. The second-order valence-corrected chi connectivity index (χ2v) is 12.8. The molecule has 2 aromatic heterocycles. The van der Waals surface area contributed by atoms with Crippen molar-refractivity contribution >= 4 is 34.7 Å². The highest BCUT2D eigenvalue weighted by atomic mass is 19.1. The van der Waals surface area contributed by atoms with Crippen LogP contribution in [0.15, 0.2) is 97.3 Å². The zero-order chi connectivity index (χ0) is 40.5. The summed E-state index contributed by atoms with van der Waals surface area (Å²) in [6, 6.07) is 23.3. The highest BCUT2D eigenvalue weighted by molar-refractivity contribution is 5.97. The van der Waals surface area contributed by atoms with Gasteiger partial charge in [-0.15, -0.1) is 0 Å². The Morgan fingerprint density at radius 1 is 0.643 bits per heavy atom. The Morgan fingerprint density at radius 3 is 1.50 bits per heavy atom. The molecule has 56 heavy (non-hydrogen) atoms. The fraction of sp³-hybridized carbons (Fsp3) is 0.182. The Kier molecular flexibility index (Phi) is 13.0. The number of aryl methyl sites for hydroxylation is 4. The first-order valence-electron chi connectivity index (χ1n) is 17.6. The van der Waals surface area contributed by atoms with Crippen LogP contribution < -0.4 is 20.1 Å². The highest BCUT2D eigenvalue weighted by Gasteiger charge is 2.17. The lowest BCUT2D eigenvalue weighted by molar-refractivity contribution is 0.0527. The van der Waals surface area contributed by atoms with Crippen molar-refractivity contribution in [3.63, 3.8) is 0 Å². The number of aromatic carboxylic acids is 1. The summed E-state index contributed by atoms with van der Waals surface area (Å²) in [7, 11) is 3.05. The van der Waals surface area contributed by atoms with Gasteiger partial charge in [0.05, 0.1) is 78.5 Å². The van der Waals surface area contributed by atoms with Crippen LogP contribution >= 0.6 is 0 Å². The van der Waals surface area contributed by atoms with E-state index < -0.39 is 11.9 Å². The van der Waals surface area contributed by atoms with Crippen LogP contribution in [0, 0.1) is 39.3 Å². The lowest BCUT2D eigenvalue weighted by Gasteiger charge is -2.14. The Labute approximate surface area is 324 Å². The molecule has 0 aliphatic carbocycles. The number of hydrogen-bond acceptors (Lipinski definition) is 9. The number of carboxylic acids is 1. The van der Waals surface area contributed by atoms with Gasteiger partial charge in [-0.2, -0.15) is 0 Å². The monoisotopic (exact) mass is 760 g/mol. The third-order valence-electron chi connectivity index (χ3n) is 8.65. The van der Waals surface area contributed by atoms with E-state index in [-0.39, 0.29) is 17.2 Å². The van der Waals surface area contributed by atoms with Gasteiger partial charge in [0.15, 0.2) is 0 Å². The topological polar surface area (TPSA) is 132 Å². The van der Waals surface area contributed by atoms with Crippen molar-refractivity contribution < 1.29 is 37.7 Å². The highest BCUT2D eigenvalue weighted by Crippen LogP contribution is 2.32. The normalized spacial score (nSPS) is 10.5. The van der Waals surface area contributed by atoms with Gasteiger partial charge in [-0.05, 0) is 119 Å². The van der Waals surface area contributed by atoms with Crippen molar-refractivity contribution in [1.29, 1.82) is 0 Å². The van der Waals surface area contributed by atoms with Crippen LogP contribution in [0.3, 0.4) is 0 Å². The van der Waals surface area contributed by atoms with Gasteiger partial charge in [0.2, 0.25) is 0 Å². The van der Waals surface area contributed by atoms with E-state index in [4.69, 9.17) is 14.2 Å². The van der Waals surface area contributed by atoms with Gasteiger partial charge in [0.25, 0.3) is 0 Å². The molecule has 0 bridgehead atoms.